The topological polar surface area (TPSA) is 102 Å². The third kappa shape index (κ3) is 5.00. The fourth-order valence-corrected chi connectivity index (χ4v) is 3.71. The molecule has 1 aliphatic heterocycles. The van der Waals surface area contributed by atoms with Gasteiger partial charge in [0.1, 0.15) is 0 Å². The molecule has 7 nitrogen and oxygen atoms in total. The molecule has 23 heavy (non-hydrogen) atoms. The molecule has 1 saturated heterocycles. The minimum atomic E-state index is -3.56. The number of sulfonamides is 1. The molecule has 1 fully saturated rings. The Bertz CT molecular complexity index is 640. The van der Waals surface area contributed by atoms with Crippen LogP contribution in [0.2, 0.25) is 0 Å². The van der Waals surface area contributed by atoms with E-state index in [1.54, 1.807) is 12.1 Å². The number of amides is 1. The molecule has 0 aromatic heterocycles. The van der Waals surface area contributed by atoms with Crippen molar-refractivity contribution < 1.29 is 17.9 Å². The number of rotatable bonds is 6. The van der Waals surface area contributed by atoms with Crippen LogP contribution in [0.5, 0.6) is 0 Å². The molecule has 1 unspecified atom stereocenters. The Balaban J connectivity index is 2.08. The number of nitrogens with two attached hydrogens (primary N) is 1. The van der Waals surface area contributed by atoms with Crippen molar-refractivity contribution in [2.45, 2.75) is 30.7 Å². The summed E-state index contributed by atoms with van der Waals surface area (Å²) in [5, 5.41) is 2.71. The molecule has 0 saturated carbocycles. The summed E-state index contributed by atoms with van der Waals surface area (Å²) in [7, 11) is -3.56. The van der Waals surface area contributed by atoms with Gasteiger partial charge in [-0.05, 0) is 31.5 Å². The highest BCUT2D eigenvalue weighted by atomic mass is 32.2. The Kier molecular flexibility index (Phi) is 6.11. The van der Waals surface area contributed by atoms with Gasteiger partial charge in [0.15, 0.2) is 0 Å². The quantitative estimate of drug-likeness (QED) is 0.796. The Hall–Kier alpha value is -1.48. The van der Waals surface area contributed by atoms with Gasteiger partial charge in [0, 0.05) is 31.2 Å². The fraction of sp³-hybridized carbons (Fsp3) is 0.533. The maximum Gasteiger partial charge on any atom is 0.243 e. The fourth-order valence-electron chi connectivity index (χ4n) is 2.25. The minimum absolute atomic E-state index is 0.0474. The number of anilines is 1. The van der Waals surface area contributed by atoms with Crippen LogP contribution in [0.15, 0.2) is 29.2 Å². The second-order valence-electron chi connectivity index (χ2n) is 5.61. The summed E-state index contributed by atoms with van der Waals surface area (Å²) in [6.07, 6.45) is 0.885. The van der Waals surface area contributed by atoms with Gasteiger partial charge in [0.2, 0.25) is 15.9 Å². The second kappa shape index (κ2) is 7.87. The summed E-state index contributed by atoms with van der Waals surface area (Å²) >= 11 is 0. The molecule has 1 aromatic rings. The van der Waals surface area contributed by atoms with E-state index in [0.717, 1.165) is 0 Å². The molecular formula is C15H23N3O4S. The molecule has 1 amide bonds. The van der Waals surface area contributed by atoms with Gasteiger partial charge in [0.05, 0.1) is 18.1 Å². The van der Waals surface area contributed by atoms with Gasteiger partial charge in [-0.1, -0.05) is 6.07 Å². The number of carbonyl (C=O) groups excluding carboxylic acids is 1. The molecular weight excluding hydrogens is 318 g/mol. The number of hydrogen-bond donors (Lipinski definition) is 2. The van der Waals surface area contributed by atoms with Crippen LogP contribution < -0.4 is 11.1 Å². The van der Waals surface area contributed by atoms with Crippen LogP contribution in [0.25, 0.3) is 0 Å². The monoisotopic (exact) mass is 341 g/mol. The van der Waals surface area contributed by atoms with Crippen molar-refractivity contribution in [2.24, 2.45) is 5.73 Å². The number of ether oxygens (including phenoxy) is 1. The molecule has 1 aliphatic rings. The predicted molar refractivity (Wildman–Crippen MR) is 87.5 cm³/mol. The normalized spacial score (nSPS) is 17.7. The second-order valence-corrected chi connectivity index (χ2v) is 7.55. The third-order valence-corrected chi connectivity index (χ3v) is 5.45. The lowest BCUT2D eigenvalue weighted by molar-refractivity contribution is -0.116. The third-order valence-electron chi connectivity index (χ3n) is 3.55. The summed E-state index contributed by atoms with van der Waals surface area (Å²) in [5.41, 5.74) is 6.09. The van der Waals surface area contributed by atoms with E-state index in [1.165, 1.54) is 16.4 Å². The van der Waals surface area contributed by atoms with Gasteiger partial charge in [-0.25, -0.2) is 8.42 Å². The molecule has 1 atom stereocenters. The molecule has 2 rings (SSSR count). The van der Waals surface area contributed by atoms with Gasteiger partial charge in [-0.2, -0.15) is 4.31 Å². The van der Waals surface area contributed by atoms with E-state index in [2.05, 4.69) is 5.32 Å². The lowest BCUT2D eigenvalue weighted by atomic mass is 10.2. The van der Waals surface area contributed by atoms with E-state index >= 15 is 0 Å². The summed E-state index contributed by atoms with van der Waals surface area (Å²) in [4.78, 5) is 12.0. The largest absolute Gasteiger partial charge is 0.379 e. The van der Waals surface area contributed by atoms with Gasteiger partial charge < -0.3 is 15.8 Å². The van der Waals surface area contributed by atoms with Gasteiger partial charge in [0.25, 0.3) is 0 Å². The van der Waals surface area contributed by atoms with Crippen molar-refractivity contribution in [3.63, 3.8) is 0 Å². The Labute approximate surface area is 136 Å². The number of morpholine rings is 1. The maximum atomic E-state index is 12.6. The first kappa shape index (κ1) is 17.9. The number of carbonyl (C=O) groups is 1. The van der Waals surface area contributed by atoms with Crippen molar-refractivity contribution in [3.8, 4) is 0 Å². The maximum absolute atomic E-state index is 12.6. The molecule has 128 valence electrons. The predicted octanol–water partition coefficient (Wildman–Crippen LogP) is 0.773. The van der Waals surface area contributed by atoms with E-state index in [1.807, 2.05) is 6.92 Å². The van der Waals surface area contributed by atoms with Crippen LogP contribution in [-0.4, -0.2) is 51.0 Å². The molecule has 1 heterocycles. The lowest BCUT2D eigenvalue weighted by Crippen LogP contribution is -2.40. The Morgan fingerprint density at radius 1 is 1.39 bits per heavy atom. The summed E-state index contributed by atoms with van der Waals surface area (Å²) in [5.74, 6) is -0.178. The van der Waals surface area contributed by atoms with Crippen LogP contribution in [0, 0.1) is 0 Å². The van der Waals surface area contributed by atoms with E-state index in [4.69, 9.17) is 10.5 Å². The highest BCUT2D eigenvalue weighted by Gasteiger charge is 2.26. The van der Waals surface area contributed by atoms with Crippen LogP contribution in [0.1, 0.15) is 19.8 Å². The average Bonchev–Trinajstić information content (AvgIpc) is 2.54. The zero-order valence-electron chi connectivity index (χ0n) is 13.2. The Morgan fingerprint density at radius 2 is 2.09 bits per heavy atom. The van der Waals surface area contributed by atoms with Gasteiger partial charge >= 0.3 is 0 Å². The van der Waals surface area contributed by atoms with E-state index in [9.17, 15) is 13.2 Å². The molecule has 0 radical (unpaired) electrons. The highest BCUT2D eigenvalue weighted by molar-refractivity contribution is 7.89. The average molecular weight is 341 g/mol. The first-order chi connectivity index (χ1) is 10.9. The van der Waals surface area contributed by atoms with E-state index in [0.29, 0.717) is 44.8 Å². The van der Waals surface area contributed by atoms with Crippen molar-refractivity contribution in [3.05, 3.63) is 24.3 Å². The zero-order valence-corrected chi connectivity index (χ0v) is 14.0. The summed E-state index contributed by atoms with van der Waals surface area (Å²) < 4.78 is 31.7. The molecule has 1 aromatic carbocycles. The molecule has 0 spiro atoms. The molecule has 8 heteroatoms. The Morgan fingerprint density at radius 3 is 2.74 bits per heavy atom. The molecule has 0 aliphatic carbocycles. The molecule has 3 N–H and O–H groups in total. The number of nitrogens with one attached hydrogen (secondary N) is 1. The van der Waals surface area contributed by atoms with Gasteiger partial charge in [-0.3, -0.25) is 4.79 Å². The SMILES string of the molecule is CC(N)CCC(=O)Nc1cccc(S(=O)(=O)N2CCOCC2)c1. The summed E-state index contributed by atoms with van der Waals surface area (Å²) in [6.45, 7) is 3.31. The summed E-state index contributed by atoms with van der Waals surface area (Å²) in [6, 6.07) is 6.25. The number of benzene rings is 1. The molecule has 0 bridgehead atoms. The van der Waals surface area contributed by atoms with Crippen LogP contribution in [0.3, 0.4) is 0 Å². The van der Waals surface area contributed by atoms with Crippen molar-refractivity contribution >= 4 is 21.6 Å². The smallest absolute Gasteiger partial charge is 0.243 e. The first-order valence-corrected chi connectivity index (χ1v) is 9.07. The van der Waals surface area contributed by atoms with Crippen molar-refractivity contribution in [2.75, 3.05) is 31.6 Å². The number of nitrogens with zero attached hydrogens (tertiary/aromatic N) is 1. The highest BCUT2D eigenvalue weighted by Crippen LogP contribution is 2.20. The van der Waals surface area contributed by atoms with Gasteiger partial charge in [-0.15, -0.1) is 0 Å². The van der Waals surface area contributed by atoms with Crippen molar-refractivity contribution in [1.29, 1.82) is 0 Å². The lowest BCUT2D eigenvalue weighted by Gasteiger charge is -2.26. The van der Waals surface area contributed by atoms with Crippen molar-refractivity contribution in [1.82, 2.24) is 4.31 Å². The number of hydrogen-bond acceptors (Lipinski definition) is 5. The van der Waals surface area contributed by atoms with E-state index < -0.39 is 10.0 Å². The van der Waals surface area contributed by atoms with Crippen LogP contribution in [-0.2, 0) is 19.6 Å². The minimum Gasteiger partial charge on any atom is -0.379 e. The first-order valence-electron chi connectivity index (χ1n) is 7.63. The van der Waals surface area contributed by atoms with E-state index in [-0.39, 0.29) is 16.8 Å². The van der Waals surface area contributed by atoms with Crippen LogP contribution in [0.4, 0.5) is 5.69 Å². The zero-order chi connectivity index (χ0) is 16.9. The van der Waals surface area contributed by atoms with Crippen LogP contribution >= 0.6 is 0 Å². The standard InChI is InChI=1S/C15H23N3O4S/c1-12(16)5-6-15(19)17-13-3-2-4-14(11-13)23(20,21)18-7-9-22-10-8-18/h2-4,11-12H,5-10,16H2,1H3,(H,17,19).